The first kappa shape index (κ1) is 15.7. The number of pyridine rings is 2. The normalized spacial score (nSPS) is 6.86. The van der Waals surface area contributed by atoms with Crippen LogP contribution in [0.15, 0.2) is 48.8 Å². The fourth-order valence-corrected chi connectivity index (χ4v) is 0.555. The molecule has 76 valence electrons. The van der Waals surface area contributed by atoms with E-state index in [1.54, 1.807) is 24.5 Å². The maximum Gasteiger partial charge on any atom is 2.00 e. The van der Waals surface area contributed by atoms with Crippen LogP contribution in [0.25, 0.3) is 0 Å². The van der Waals surface area contributed by atoms with Crippen molar-refractivity contribution in [3.05, 3.63) is 61.2 Å². The monoisotopic (exact) mass is 294 g/mol. The van der Waals surface area contributed by atoms with Gasteiger partial charge in [0.25, 0.3) is 0 Å². The van der Waals surface area contributed by atoms with Gasteiger partial charge in [0, 0.05) is 0 Å². The summed E-state index contributed by atoms with van der Waals surface area (Å²) in [6.45, 7) is 0. The minimum atomic E-state index is 0. The van der Waals surface area contributed by atoms with E-state index in [9.17, 15) is 0 Å². The first-order chi connectivity index (χ1) is 6.00. The maximum atomic E-state index is 3.66. The molecule has 4 heteroatoms. The molecule has 2 aromatic rings. The third-order valence-electron chi connectivity index (χ3n) is 1.03. The average molecular weight is 296 g/mol. The molecule has 2 heterocycles. The van der Waals surface area contributed by atoms with Gasteiger partial charge in [0.05, 0.1) is 0 Å². The van der Waals surface area contributed by atoms with Crippen LogP contribution < -0.4 is 0 Å². The van der Waals surface area contributed by atoms with Crippen LogP contribution in [0, 0.1) is 12.4 Å². The van der Waals surface area contributed by atoms with E-state index in [2.05, 4.69) is 22.4 Å². The Bertz CT molecular complexity index is 194. The Morgan fingerprint density at radius 3 is 1.21 bits per heavy atom. The Morgan fingerprint density at radius 2 is 1.14 bits per heavy atom. The molecule has 0 aromatic carbocycles. The smallest absolute Gasteiger partial charge is 0.394 e. The summed E-state index contributed by atoms with van der Waals surface area (Å²) >= 11 is 0. The Hall–Kier alpha value is -0.726. The quantitative estimate of drug-likeness (QED) is 0.551. The summed E-state index contributed by atoms with van der Waals surface area (Å²) in [7, 11) is 0. The van der Waals surface area contributed by atoms with Crippen molar-refractivity contribution in [1.82, 2.24) is 9.97 Å². The van der Waals surface area contributed by atoms with E-state index in [1.807, 2.05) is 24.3 Å². The molecule has 2 nitrogen and oxygen atoms in total. The predicted octanol–water partition coefficient (Wildman–Crippen LogP) is 2.34. The zero-order valence-corrected chi connectivity index (χ0v) is 9.94. The van der Waals surface area contributed by atoms with Crippen LogP contribution in [-0.2, 0) is 16.5 Å². The van der Waals surface area contributed by atoms with E-state index in [4.69, 9.17) is 0 Å². The van der Waals surface area contributed by atoms with Gasteiger partial charge in [-0.05, 0) is 0 Å². The standard InChI is InChI=1S/2C5H4N.BrH.Ni/c2*1-2-4-6-5-3-1;;/h2*1-4H;1H;/q2*-1;;+2. The minimum absolute atomic E-state index is 0. The summed E-state index contributed by atoms with van der Waals surface area (Å²) in [5.74, 6) is 0. The molecule has 0 saturated heterocycles. The van der Waals surface area contributed by atoms with Gasteiger partial charge in [0.2, 0.25) is 0 Å². The summed E-state index contributed by atoms with van der Waals surface area (Å²) in [6.07, 6.45) is 8.67. The summed E-state index contributed by atoms with van der Waals surface area (Å²) in [6, 6.07) is 11.0. The molecule has 0 bridgehead atoms. The van der Waals surface area contributed by atoms with E-state index in [1.165, 1.54) is 0 Å². The molecule has 0 radical (unpaired) electrons. The molecule has 0 aliphatic rings. The third-order valence-corrected chi connectivity index (χ3v) is 1.03. The van der Waals surface area contributed by atoms with Crippen molar-refractivity contribution in [2.24, 2.45) is 0 Å². The van der Waals surface area contributed by atoms with Crippen LogP contribution in [-0.4, -0.2) is 9.97 Å². The topological polar surface area (TPSA) is 25.8 Å². The van der Waals surface area contributed by atoms with Crippen LogP contribution >= 0.6 is 17.0 Å². The Morgan fingerprint density at radius 1 is 0.714 bits per heavy atom. The van der Waals surface area contributed by atoms with Gasteiger partial charge in [-0.3, -0.25) is 0 Å². The molecule has 0 aliphatic heterocycles. The van der Waals surface area contributed by atoms with Crippen molar-refractivity contribution in [3.8, 4) is 0 Å². The number of aromatic nitrogens is 2. The van der Waals surface area contributed by atoms with Crippen molar-refractivity contribution < 1.29 is 16.5 Å². The Kier molecular flexibility index (Phi) is 13.8. The molecule has 0 spiro atoms. The van der Waals surface area contributed by atoms with Gasteiger partial charge in [0.15, 0.2) is 0 Å². The van der Waals surface area contributed by atoms with Gasteiger partial charge in [-0.1, -0.05) is 24.8 Å². The van der Waals surface area contributed by atoms with E-state index in [-0.39, 0.29) is 33.5 Å². The van der Waals surface area contributed by atoms with Gasteiger partial charge in [-0.25, -0.2) is 0 Å². The van der Waals surface area contributed by atoms with Crippen LogP contribution in [0.3, 0.4) is 0 Å². The molecule has 0 saturated carbocycles. The molecule has 0 fully saturated rings. The fourth-order valence-electron chi connectivity index (χ4n) is 0.555. The van der Waals surface area contributed by atoms with Crippen molar-refractivity contribution >= 4 is 17.0 Å². The molecule has 0 atom stereocenters. The second-order valence-corrected chi connectivity index (χ2v) is 1.92. The van der Waals surface area contributed by atoms with Crippen molar-refractivity contribution in [2.45, 2.75) is 0 Å². The molecule has 2 rings (SSSR count). The van der Waals surface area contributed by atoms with Gasteiger partial charge >= 0.3 is 16.5 Å². The molecule has 14 heavy (non-hydrogen) atoms. The second-order valence-electron chi connectivity index (χ2n) is 1.92. The molecule has 0 N–H and O–H groups in total. The first-order valence-corrected chi connectivity index (χ1v) is 3.54. The third kappa shape index (κ3) is 9.36. The van der Waals surface area contributed by atoms with Crippen LogP contribution in [0.5, 0.6) is 0 Å². The molecular weight excluding hydrogens is 287 g/mol. The van der Waals surface area contributed by atoms with Crippen molar-refractivity contribution in [2.75, 3.05) is 0 Å². The molecule has 2 aromatic heterocycles. The van der Waals surface area contributed by atoms with Crippen molar-refractivity contribution in [1.29, 1.82) is 0 Å². The molecule has 0 unspecified atom stereocenters. The van der Waals surface area contributed by atoms with Crippen LogP contribution in [0.4, 0.5) is 0 Å². The van der Waals surface area contributed by atoms with Gasteiger partial charge < -0.3 is 9.97 Å². The zero-order valence-electron chi connectivity index (χ0n) is 7.24. The molecule has 0 aliphatic carbocycles. The van der Waals surface area contributed by atoms with Gasteiger partial charge in [0.1, 0.15) is 0 Å². The van der Waals surface area contributed by atoms with Crippen molar-refractivity contribution in [3.63, 3.8) is 0 Å². The van der Waals surface area contributed by atoms with E-state index >= 15 is 0 Å². The fraction of sp³-hybridized carbons (Fsp3) is 0. The Labute approximate surface area is 104 Å². The predicted molar refractivity (Wildman–Crippen MR) is 56.5 cm³/mol. The van der Waals surface area contributed by atoms with Gasteiger partial charge in [-0.2, -0.15) is 36.4 Å². The first-order valence-electron chi connectivity index (χ1n) is 3.54. The minimum Gasteiger partial charge on any atom is -0.394 e. The summed E-state index contributed by atoms with van der Waals surface area (Å²) in [5, 5.41) is 0. The van der Waals surface area contributed by atoms with E-state index in [0.717, 1.165) is 0 Å². The van der Waals surface area contributed by atoms with E-state index < -0.39 is 0 Å². The van der Waals surface area contributed by atoms with Gasteiger partial charge in [-0.15, -0.1) is 17.0 Å². The number of nitrogens with zero attached hydrogens (tertiary/aromatic N) is 2. The summed E-state index contributed by atoms with van der Waals surface area (Å²) in [4.78, 5) is 7.32. The van der Waals surface area contributed by atoms with Crippen LogP contribution in [0.2, 0.25) is 0 Å². The number of rotatable bonds is 0. The molecule has 0 amide bonds. The molecular formula is C10H9BrN2Ni. The second kappa shape index (κ2) is 12.3. The summed E-state index contributed by atoms with van der Waals surface area (Å²) < 4.78 is 0. The number of hydrogen-bond acceptors (Lipinski definition) is 2. The van der Waals surface area contributed by atoms with Crippen LogP contribution in [0.1, 0.15) is 0 Å². The summed E-state index contributed by atoms with van der Waals surface area (Å²) in [5.41, 5.74) is 0. The maximum absolute atomic E-state index is 3.66. The van der Waals surface area contributed by atoms with E-state index in [0.29, 0.717) is 0 Å². The largest absolute Gasteiger partial charge is 2.00 e. The number of hydrogen-bond donors (Lipinski definition) is 0. The SMILES string of the molecule is Br.[Ni+2].[c-]1ccccn1.[c-]1ccccn1. The average Bonchev–Trinajstić information content (AvgIpc) is 2.24. The Balaban J connectivity index is 0. The zero-order chi connectivity index (χ0) is 8.49. The number of halogens is 1.